The first-order valence-corrected chi connectivity index (χ1v) is 12.3. The Kier molecular flexibility index (Phi) is 6.69. The molecule has 10 heteroatoms. The van der Waals surface area contributed by atoms with Gasteiger partial charge in [0, 0.05) is 46.5 Å². The van der Waals surface area contributed by atoms with Gasteiger partial charge in [-0.1, -0.05) is 18.2 Å². The SMILES string of the molecule is CCN(C[C@H](NC(=O)c1ccc2[nH]c(-c3cc(N)nc4nc(C)[nH]c34)cc2c1)C(=O)OC)c1ccccc1. The summed E-state index contributed by atoms with van der Waals surface area (Å²) < 4.78 is 4.99. The number of pyridine rings is 1. The standard InChI is InChI=1S/C28H29N7O3/c1-4-35(19-8-6-5-7-9-19)15-23(28(37)38-3)33-27(36)17-10-11-21-18(12-17)13-22(32-21)20-14-24(29)34-26-25(20)30-16(2)31-26/h5-14,23,32H,4,15H2,1-3H3,(H,33,36)(H3,29,30,31,34)/t23-/m0/s1. The Morgan fingerprint density at radius 1 is 1.08 bits per heavy atom. The Morgan fingerprint density at radius 3 is 2.61 bits per heavy atom. The maximum atomic E-state index is 13.2. The van der Waals surface area contributed by atoms with Crippen molar-refractivity contribution in [3.8, 4) is 11.3 Å². The van der Waals surface area contributed by atoms with Crippen molar-refractivity contribution < 1.29 is 14.3 Å². The van der Waals surface area contributed by atoms with E-state index in [1.54, 1.807) is 18.2 Å². The minimum absolute atomic E-state index is 0.276. The number of anilines is 2. The van der Waals surface area contributed by atoms with Crippen LogP contribution in [0, 0.1) is 6.92 Å². The van der Waals surface area contributed by atoms with E-state index in [1.807, 2.05) is 61.2 Å². The third kappa shape index (κ3) is 4.88. The van der Waals surface area contributed by atoms with Crippen LogP contribution in [0.4, 0.5) is 11.5 Å². The zero-order valence-corrected chi connectivity index (χ0v) is 21.4. The smallest absolute Gasteiger partial charge is 0.330 e. The molecule has 0 saturated carbocycles. The van der Waals surface area contributed by atoms with Gasteiger partial charge in [-0.25, -0.2) is 14.8 Å². The van der Waals surface area contributed by atoms with Gasteiger partial charge in [-0.3, -0.25) is 4.79 Å². The number of esters is 1. The third-order valence-corrected chi connectivity index (χ3v) is 6.47. The van der Waals surface area contributed by atoms with Crippen LogP contribution in [0.15, 0.2) is 60.7 Å². The number of fused-ring (bicyclic) bond motifs is 2. The number of nitrogen functional groups attached to an aromatic ring is 1. The number of hydrogen-bond donors (Lipinski definition) is 4. The Balaban J connectivity index is 1.41. The van der Waals surface area contributed by atoms with E-state index in [-0.39, 0.29) is 12.5 Å². The molecule has 2 aromatic carbocycles. The molecule has 3 heterocycles. The molecule has 1 amide bonds. The number of aromatic nitrogens is 4. The molecule has 10 nitrogen and oxygen atoms in total. The number of benzene rings is 2. The van der Waals surface area contributed by atoms with Crippen LogP contribution >= 0.6 is 0 Å². The Morgan fingerprint density at radius 2 is 1.87 bits per heavy atom. The molecule has 5 aromatic rings. The van der Waals surface area contributed by atoms with Crippen LogP contribution in [-0.4, -0.2) is 58.1 Å². The molecule has 5 N–H and O–H groups in total. The number of rotatable bonds is 8. The summed E-state index contributed by atoms with van der Waals surface area (Å²) in [6.45, 7) is 4.79. The maximum Gasteiger partial charge on any atom is 0.330 e. The van der Waals surface area contributed by atoms with E-state index in [2.05, 4.69) is 25.3 Å². The Hall–Kier alpha value is -4.86. The molecule has 0 aliphatic heterocycles. The van der Waals surface area contributed by atoms with E-state index >= 15 is 0 Å². The molecule has 1 atom stereocenters. The summed E-state index contributed by atoms with van der Waals surface area (Å²) in [7, 11) is 1.32. The lowest BCUT2D eigenvalue weighted by molar-refractivity contribution is -0.142. The second-order valence-corrected chi connectivity index (χ2v) is 9.02. The third-order valence-electron chi connectivity index (χ3n) is 6.47. The molecule has 0 saturated heterocycles. The van der Waals surface area contributed by atoms with Gasteiger partial charge in [0.2, 0.25) is 0 Å². The molecule has 194 valence electrons. The van der Waals surface area contributed by atoms with Gasteiger partial charge in [0.25, 0.3) is 5.91 Å². The minimum atomic E-state index is -0.846. The number of para-hydroxylation sites is 1. The Bertz CT molecular complexity index is 1620. The first-order valence-electron chi connectivity index (χ1n) is 12.3. The van der Waals surface area contributed by atoms with E-state index in [1.165, 1.54) is 7.11 Å². The van der Waals surface area contributed by atoms with Crippen molar-refractivity contribution in [1.82, 2.24) is 25.3 Å². The van der Waals surface area contributed by atoms with Gasteiger partial charge in [-0.05, 0) is 56.3 Å². The molecular formula is C28H29N7O3. The number of aryl methyl sites for hydroxylation is 1. The second-order valence-electron chi connectivity index (χ2n) is 9.02. The monoisotopic (exact) mass is 511 g/mol. The summed E-state index contributed by atoms with van der Waals surface area (Å²) in [6, 6.07) is 18.0. The summed E-state index contributed by atoms with van der Waals surface area (Å²) in [4.78, 5) is 43.1. The average molecular weight is 512 g/mol. The lowest BCUT2D eigenvalue weighted by Gasteiger charge is -2.27. The molecule has 0 spiro atoms. The number of nitrogens with two attached hydrogens (primary N) is 1. The fraction of sp³-hybridized carbons (Fsp3) is 0.214. The van der Waals surface area contributed by atoms with Crippen molar-refractivity contribution in [2.24, 2.45) is 0 Å². The number of H-pyrrole nitrogens is 2. The molecule has 0 radical (unpaired) electrons. The van der Waals surface area contributed by atoms with Gasteiger partial charge >= 0.3 is 5.97 Å². The van der Waals surface area contributed by atoms with Crippen LogP contribution in [0.25, 0.3) is 33.3 Å². The van der Waals surface area contributed by atoms with Crippen molar-refractivity contribution in [3.05, 3.63) is 72.1 Å². The summed E-state index contributed by atoms with van der Waals surface area (Å²) in [5, 5.41) is 3.69. The van der Waals surface area contributed by atoms with Crippen molar-refractivity contribution >= 4 is 45.4 Å². The number of methoxy groups -OCH3 is 1. The number of ether oxygens (including phenoxy) is 1. The van der Waals surface area contributed by atoms with E-state index < -0.39 is 12.0 Å². The van der Waals surface area contributed by atoms with Crippen molar-refractivity contribution in [2.45, 2.75) is 19.9 Å². The molecule has 0 aliphatic rings. The highest BCUT2D eigenvalue weighted by molar-refractivity contribution is 6.01. The first kappa shape index (κ1) is 24.8. The van der Waals surface area contributed by atoms with E-state index in [0.717, 1.165) is 39.2 Å². The number of nitrogens with zero attached hydrogens (tertiary/aromatic N) is 3. The summed E-state index contributed by atoms with van der Waals surface area (Å²) in [6.07, 6.45) is 0. The molecule has 0 bridgehead atoms. The highest BCUT2D eigenvalue weighted by atomic mass is 16.5. The predicted octanol–water partition coefficient (Wildman–Crippen LogP) is 3.79. The van der Waals surface area contributed by atoms with Gasteiger partial charge in [-0.15, -0.1) is 0 Å². The van der Waals surface area contributed by atoms with Crippen molar-refractivity contribution in [1.29, 1.82) is 0 Å². The molecule has 0 unspecified atom stereocenters. The van der Waals surface area contributed by atoms with Gasteiger partial charge in [0.1, 0.15) is 17.7 Å². The van der Waals surface area contributed by atoms with Crippen LogP contribution in [0.1, 0.15) is 23.1 Å². The van der Waals surface area contributed by atoms with E-state index in [0.29, 0.717) is 23.6 Å². The van der Waals surface area contributed by atoms with Crippen molar-refractivity contribution in [3.63, 3.8) is 0 Å². The average Bonchev–Trinajstić information content (AvgIpc) is 3.52. The van der Waals surface area contributed by atoms with Gasteiger partial charge < -0.3 is 30.7 Å². The zero-order valence-electron chi connectivity index (χ0n) is 21.4. The lowest BCUT2D eigenvalue weighted by Crippen LogP contribution is -2.49. The van der Waals surface area contributed by atoms with E-state index in [9.17, 15) is 9.59 Å². The van der Waals surface area contributed by atoms with Gasteiger partial charge in [0.05, 0.1) is 12.6 Å². The zero-order chi connectivity index (χ0) is 26.8. The quantitative estimate of drug-likeness (QED) is 0.232. The van der Waals surface area contributed by atoms with Gasteiger partial charge in [0.15, 0.2) is 5.65 Å². The molecule has 38 heavy (non-hydrogen) atoms. The maximum absolute atomic E-state index is 13.2. The minimum Gasteiger partial charge on any atom is -0.467 e. The van der Waals surface area contributed by atoms with E-state index in [4.69, 9.17) is 10.5 Å². The number of nitrogens with one attached hydrogen (secondary N) is 3. The summed E-state index contributed by atoms with van der Waals surface area (Å²) >= 11 is 0. The molecule has 5 rings (SSSR count). The largest absolute Gasteiger partial charge is 0.467 e. The number of amides is 1. The topological polar surface area (TPSA) is 142 Å². The predicted molar refractivity (Wildman–Crippen MR) is 148 cm³/mol. The van der Waals surface area contributed by atoms with Crippen LogP contribution in [-0.2, 0) is 9.53 Å². The van der Waals surface area contributed by atoms with Crippen LogP contribution < -0.4 is 16.0 Å². The van der Waals surface area contributed by atoms with Crippen molar-refractivity contribution in [2.75, 3.05) is 30.8 Å². The summed E-state index contributed by atoms with van der Waals surface area (Å²) in [5.74, 6) is 0.229. The summed E-state index contributed by atoms with van der Waals surface area (Å²) in [5.41, 5.74) is 11.2. The highest BCUT2D eigenvalue weighted by Crippen LogP contribution is 2.30. The Labute approximate surface area is 219 Å². The van der Waals surface area contributed by atoms with Gasteiger partial charge in [-0.2, -0.15) is 0 Å². The second kappa shape index (κ2) is 10.3. The van der Waals surface area contributed by atoms with Crippen LogP contribution in [0.2, 0.25) is 0 Å². The molecule has 0 aliphatic carbocycles. The number of carbonyl (C=O) groups is 2. The lowest BCUT2D eigenvalue weighted by atomic mass is 10.1. The number of likely N-dealkylation sites (N-methyl/N-ethyl adjacent to an activating group) is 1. The van der Waals surface area contributed by atoms with Crippen LogP contribution in [0.3, 0.4) is 0 Å². The fourth-order valence-corrected chi connectivity index (χ4v) is 4.59. The molecule has 0 fully saturated rings. The number of aromatic amines is 2. The van der Waals surface area contributed by atoms with Crippen LogP contribution in [0.5, 0.6) is 0 Å². The number of imidazole rings is 1. The first-order chi connectivity index (χ1) is 18.4. The fourth-order valence-electron chi connectivity index (χ4n) is 4.59. The normalized spacial score (nSPS) is 12.0. The highest BCUT2D eigenvalue weighted by Gasteiger charge is 2.25. The molecule has 3 aromatic heterocycles. The number of hydrogen-bond acceptors (Lipinski definition) is 7. The molecular weight excluding hydrogens is 482 g/mol. The number of carbonyl (C=O) groups excluding carboxylic acids is 2.